The fraction of sp³-hybridized carbons (Fsp3) is 0.692. The summed E-state index contributed by atoms with van der Waals surface area (Å²) in [5.74, 6) is 1.95. The molecule has 2 aliphatic heterocycles. The second-order valence-electron chi connectivity index (χ2n) is 9.76. The molecule has 0 spiro atoms. The summed E-state index contributed by atoms with van der Waals surface area (Å²) in [6.45, 7) is 5.85. The number of carbonyl (C=O) groups excluding carboxylic acids is 2. The van der Waals surface area contributed by atoms with Crippen molar-refractivity contribution in [3.63, 3.8) is 0 Å². The van der Waals surface area contributed by atoms with E-state index in [0.29, 0.717) is 48.0 Å². The van der Waals surface area contributed by atoms with Gasteiger partial charge in [0.15, 0.2) is 11.5 Å². The van der Waals surface area contributed by atoms with Crippen LogP contribution < -0.4 is 9.47 Å². The average Bonchev–Trinajstić information content (AvgIpc) is 3.38. The van der Waals surface area contributed by atoms with Crippen LogP contribution in [0.25, 0.3) is 0 Å². The van der Waals surface area contributed by atoms with E-state index in [9.17, 15) is 9.59 Å². The van der Waals surface area contributed by atoms with Gasteiger partial charge in [-0.15, -0.1) is 0 Å². The minimum atomic E-state index is -0.0358. The minimum absolute atomic E-state index is 0.00370. The highest BCUT2D eigenvalue weighted by Crippen LogP contribution is 2.33. The number of ether oxygens (including phenoxy) is 2. The lowest BCUT2D eigenvalue weighted by Crippen LogP contribution is -2.60. The third-order valence-electron chi connectivity index (χ3n) is 7.81. The van der Waals surface area contributed by atoms with Gasteiger partial charge < -0.3 is 19.3 Å². The molecule has 4 rings (SSSR count). The van der Waals surface area contributed by atoms with Crippen LogP contribution in [-0.2, 0) is 4.79 Å². The van der Waals surface area contributed by atoms with Crippen molar-refractivity contribution in [3.8, 4) is 11.5 Å². The van der Waals surface area contributed by atoms with E-state index in [0.717, 1.165) is 45.3 Å². The Balaban J connectivity index is 1.44. The Hall–Kier alpha value is -2.28. The van der Waals surface area contributed by atoms with E-state index in [1.165, 1.54) is 19.3 Å². The molecule has 1 aromatic rings. The molecule has 3 fully saturated rings. The molecule has 1 aromatic carbocycles. The van der Waals surface area contributed by atoms with Gasteiger partial charge in [0.25, 0.3) is 5.91 Å². The first-order valence-corrected chi connectivity index (χ1v) is 12.6. The van der Waals surface area contributed by atoms with Crippen LogP contribution in [0.1, 0.15) is 62.2 Å². The van der Waals surface area contributed by atoms with Gasteiger partial charge in [-0.1, -0.05) is 12.8 Å². The number of methoxy groups -OCH3 is 2. The van der Waals surface area contributed by atoms with Crippen molar-refractivity contribution in [2.24, 2.45) is 5.92 Å². The van der Waals surface area contributed by atoms with Crippen molar-refractivity contribution in [2.45, 2.75) is 64.0 Å². The van der Waals surface area contributed by atoms with Gasteiger partial charge in [0.05, 0.1) is 20.3 Å². The Morgan fingerprint density at radius 1 is 0.879 bits per heavy atom. The van der Waals surface area contributed by atoms with E-state index < -0.39 is 0 Å². The van der Waals surface area contributed by atoms with Crippen molar-refractivity contribution in [1.29, 1.82) is 0 Å². The molecule has 33 heavy (non-hydrogen) atoms. The summed E-state index contributed by atoms with van der Waals surface area (Å²) < 4.78 is 10.7. The molecular weight excluding hydrogens is 418 g/mol. The van der Waals surface area contributed by atoms with Crippen molar-refractivity contribution >= 4 is 11.8 Å². The van der Waals surface area contributed by atoms with Crippen molar-refractivity contribution in [1.82, 2.24) is 14.7 Å². The van der Waals surface area contributed by atoms with E-state index in [4.69, 9.17) is 9.47 Å². The fourth-order valence-electron chi connectivity index (χ4n) is 5.88. The number of hydrogen-bond acceptors (Lipinski definition) is 5. The minimum Gasteiger partial charge on any atom is -0.493 e. The van der Waals surface area contributed by atoms with E-state index in [2.05, 4.69) is 16.7 Å². The number of nitrogens with zero attached hydrogens (tertiary/aromatic N) is 3. The van der Waals surface area contributed by atoms with Crippen LogP contribution in [0.3, 0.4) is 0 Å². The van der Waals surface area contributed by atoms with E-state index in [1.807, 2.05) is 4.90 Å². The lowest BCUT2D eigenvalue weighted by molar-refractivity contribution is -0.143. The van der Waals surface area contributed by atoms with Gasteiger partial charge >= 0.3 is 0 Å². The van der Waals surface area contributed by atoms with Gasteiger partial charge in [0.2, 0.25) is 5.91 Å². The zero-order valence-corrected chi connectivity index (χ0v) is 20.4. The van der Waals surface area contributed by atoms with Crippen LogP contribution in [0.2, 0.25) is 0 Å². The van der Waals surface area contributed by atoms with E-state index in [1.54, 1.807) is 32.4 Å². The lowest BCUT2D eigenvalue weighted by atomic mass is 9.92. The highest BCUT2D eigenvalue weighted by Gasteiger charge is 2.40. The normalized spacial score (nSPS) is 23.4. The summed E-state index contributed by atoms with van der Waals surface area (Å²) in [6.07, 6.45) is 8.17. The molecule has 0 unspecified atom stereocenters. The average molecular weight is 458 g/mol. The largest absolute Gasteiger partial charge is 0.493 e. The van der Waals surface area contributed by atoms with Crippen LogP contribution in [0.4, 0.5) is 0 Å². The van der Waals surface area contributed by atoms with Crippen LogP contribution in [-0.4, -0.2) is 85.5 Å². The van der Waals surface area contributed by atoms with Gasteiger partial charge in [-0.25, -0.2) is 0 Å². The number of carbonyl (C=O) groups is 2. The standard InChI is InChI=1S/C26H39N3O4/c1-19-8-6-7-13-29(19)26(31)24(20-9-4-5-10-20)27-14-16-28(17-15-27)25(30)21-11-12-22(32-2)23(18-21)33-3/h11-12,18-20,24H,4-10,13-17H2,1-3H3/t19-,24+/m1/s1. The van der Waals surface area contributed by atoms with E-state index in [-0.39, 0.29) is 11.9 Å². The predicted molar refractivity (Wildman–Crippen MR) is 128 cm³/mol. The zero-order chi connectivity index (χ0) is 23.4. The number of rotatable bonds is 6. The molecule has 1 saturated carbocycles. The molecule has 182 valence electrons. The van der Waals surface area contributed by atoms with Crippen LogP contribution >= 0.6 is 0 Å². The summed E-state index contributed by atoms with van der Waals surface area (Å²) in [5, 5.41) is 0. The summed E-state index contributed by atoms with van der Waals surface area (Å²) in [6, 6.07) is 5.61. The summed E-state index contributed by atoms with van der Waals surface area (Å²) in [5.41, 5.74) is 0.603. The number of piperazine rings is 1. The fourth-order valence-corrected chi connectivity index (χ4v) is 5.88. The first-order chi connectivity index (χ1) is 16.0. The maximum atomic E-state index is 13.7. The van der Waals surface area contributed by atoms with Crippen molar-refractivity contribution < 1.29 is 19.1 Å². The first kappa shape index (κ1) is 23.9. The summed E-state index contributed by atoms with van der Waals surface area (Å²) in [4.78, 5) is 33.3. The highest BCUT2D eigenvalue weighted by molar-refractivity contribution is 5.95. The Morgan fingerprint density at radius 3 is 2.18 bits per heavy atom. The molecule has 7 nitrogen and oxygen atoms in total. The van der Waals surface area contributed by atoms with Gasteiger partial charge in [0.1, 0.15) is 0 Å². The monoisotopic (exact) mass is 457 g/mol. The molecule has 3 aliphatic rings. The molecule has 2 saturated heterocycles. The summed E-state index contributed by atoms with van der Waals surface area (Å²) >= 11 is 0. The Bertz CT molecular complexity index is 831. The van der Waals surface area contributed by atoms with Crippen LogP contribution in [0, 0.1) is 5.92 Å². The number of likely N-dealkylation sites (tertiary alicyclic amines) is 1. The summed E-state index contributed by atoms with van der Waals surface area (Å²) in [7, 11) is 3.17. The van der Waals surface area contributed by atoms with Gasteiger partial charge in [-0.2, -0.15) is 0 Å². The van der Waals surface area contributed by atoms with Crippen molar-refractivity contribution in [2.75, 3.05) is 46.9 Å². The molecule has 0 aromatic heterocycles. The quantitative estimate of drug-likeness (QED) is 0.655. The SMILES string of the molecule is COc1ccc(C(=O)N2CCN([C@H](C(=O)N3CCCC[C@H]3C)C3CCCC3)CC2)cc1OC. The molecule has 0 bridgehead atoms. The van der Waals surface area contributed by atoms with Gasteiger partial charge in [0, 0.05) is 44.3 Å². The third kappa shape index (κ3) is 5.13. The number of piperidine rings is 1. The molecule has 2 heterocycles. The number of amides is 2. The maximum Gasteiger partial charge on any atom is 0.254 e. The Morgan fingerprint density at radius 2 is 1.55 bits per heavy atom. The first-order valence-electron chi connectivity index (χ1n) is 12.6. The zero-order valence-electron chi connectivity index (χ0n) is 20.4. The Labute approximate surface area is 198 Å². The molecule has 0 radical (unpaired) electrons. The number of hydrogen-bond donors (Lipinski definition) is 0. The van der Waals surface area contributed by atoms with Crippen LogP contribution in [0.5, 0.6) is 11.5 Å². The lowest BCUT2D eigenvalue weighted by Gasteiger charge is -2.44. The third-order valence-corrected chi connectivity index (χ3v) is 7.81. The maximum absolute atomic E-state index is 13.7. The highest BCUT2D eigenvalue weighted by atomic mass is 16.5. The smallest absolute Gasteiger partial charge is 0.254 e. The van der Waals surface area contributed by atoms with Gasteiger partial charge in [-0.3, -0.25) is 14.5 Å². The van der Waals surface area contributed by atoms with Crippen molar-refractivity contribution in [3.05, 3.63) is 23.8 Å². The topological polar surface area (TPSA) is 62.3 Å². The van der Waals surface area contributed by atoms with Crippen LogP contribution in [0.15, 0.2) is 18.2 Å². The Kier molecular flexibility index (Phi) is 7.78. The second-order valence-corrected chi connectivity index (χ2v) is 9.76. The predicted octanol–water partition coefficient (Wildman–Crippen LogP) is 3.42. The second kappa shape index (κ2) is 10.8. The molecular formula is C26H39N3O4. The molecule has 7 heteroatoms. The number of benzene rings is 1. The molecule has 0 N–H and O–H groups in total. The molecule has 2 atom stereocenters. The molecule has 1 aliphatic carbocycles. The van der Waals surface area contributed by atoms with Gasteiger partial charge in [-0.05, 0) is 63.1 Å². The molecule has 2 amide bonds. The van der Waals surface area contributed by atoms with E-state index >= 15 is 0 Å².